The third kappa shape index (κ3) is 3.09. The summed E-state index contributed by atoms with van der Waals surface area (Å²) < 4.78 is 0. The number of nitrogens with one attached hydrogen (secondary N) is 3. The van der Waals surface area contributed by atoms with E-state index in [0.29, 0.717) is 10.9 Å². The van der Waals surface area contributed by atoms with Crippen molar-refractivity contribution < 1.29 is 14.7 Å². The molecule has 1 aromatic heterocycles. The number of H-pyrrole nitrogens is 1. The van der Waals surface area contributed by atoms with Crippen LogP contribution in [0.15, 0.2) is 53.3 Å². The zero-order valence-electron chi connectivity index (χ0n) is 12.9. The molecule has 25 heavy (non-hydrogen) atoms. The van der Waals surface area contributed by atoms with Crippen LogP contribution >= 0.6 is 0 Å². The number of fused-ring (bicyclic) bond motifs is 1. The highest BCUT2D eigenvalue weighted by atomic mass is 16.3. The molecule has 8 heteroatoms. The van der Waals surface area contributed by atoms with Gasteiger partial charge in [-0.2, -0.15) is 0 Å². The summed E-state index contributed by atoms with van der Waals surface area (Å²) in [6, 6.07) is 12.8. The number of pyridine rings is 1. The smallest absolute Gasteiger partial charge is 0.279 e. The molecule has 0 bridgehead atoms. The van der Waals surface area contributed by atoms with Gasteiger partial charge in [-0.15, -0.1) is 0 Å². The van der Waals surface area contributed by atoms with Gasteiger partial charge in [-0.05, 0) is 12.1 Å². The number of aromatic nitrogens is 1. The number of aromatic amines is 1. The maximum absolute atomic E-state index is 12.2. The number of hydrogen-bond donors (Lipinski definition) is 4. The van der Waals surface area contributed by atoms with Gasteiger partial charge in [0.15, 0.2) is 0 Å². The second-order valence-electron chi connectivity index (χ2n) is 5.22. The lowest BCUT2D eigenvalue weighted by atomic mass is 9.90. The van der Waals surface area contributed by atoms with E-state index in [1.54, 1.807) is 36.4 Å². The summed E-state index contributed by atoms with van der Waals surface area (Å²) in [6.07, 6.45) is 0. The van der Waals surface area contributed by atoms with Crippen LogP contribution in [0.4, 0.5) is 0 Å². The van der Waals surface area contributed by atoms with Crippen LogP contribution in [-0.4, -0.2) is 29.8 Å². The number of rotatable bonds is 2. The quantitative estimate of drug-likeness (QED) is 0.394. The van der Waals surface area contributed by atoms with Gasteiger partial charge in [0.05, 0.1) is 5.52 Å². The lowest BCUT2D eigenvalue weighted by molar-refractivity contribution is 0.0845. The van der Waals surface area contributed by atoms with Crippen LogP contribution in [0, 0.1) is 0 Å². The van der Waals surface area contributed by atoms with Gasteiger partial charge in [-0.3, -0.25) is 25.2 Å². The number of aromatic hydroxyl groups is 1. The van der Waals surface area contributed by atoms with E-state index in [0.717, 1.165) is 0 Å². The third-order valence-corrected chi connectivity index (χ3v) is 3.62. The predicted octanol–water partition coefficient (Wildman–Crippen LogP) is 0.102. The van der Waals surface area contributed by atoms with Crippen LogP contribution in [0.3, 0.4) is 0 Å². The van der Waals surface area contributed by atoms with Gasteiger partial charge in [0.2, 0.25) is 0 Å². The molecule has 0 saturated carbocycles. The Bertz CT molecular complexity index is 1050. The molecule has 2 aromatic carbocycles. The standard InChI is InChI=1S/C17H12BN3O4/c18-11-7-3-1-5-9(11)15(23)20-21-17(25)13-14(22)10-6-2-4-8-12(10)19-16(13)24/h1-8H,(H,20,23)(H,21,25)(H2,19,22,24). The molecule has 1 heterocycles. The maximum atomic E-state index is 12.2. The van der Waals surface area contributed by atoms with Crippen molar-refractivity contribution in [2.24, 2.45) is 0 Å². The fourth-order valence-corrected chi connectivity index (χ4v) is 2.38. The van der Waals surface area contributed by atoms with Gasteiger partial charge in [0.1, 0.15) is 19.2 Å². The molecule has 0 atom stereocenters. The number of hydrazine groups is 1. The van der Waals surface area contributed by atoms with Crippen LogP contribution < -0.4 is 21.9 Å². The zero-order chi connectivity index (χ0) is 18.0. The minimum atomic E-state index is -0.952. The van der Waals surface area contributed by atoms with Gasteiger partial charge >= 0.3 is 0 Å². The van der Waals surface area contributed by atoms with Gasteiger partial charge in [0, 0.05) is 10.9 Å². The molecule has 122 valence electrons. The SMILES string of the molecule is [B]c1ccccc1C(=O)NNC(=O)c1c(O)c2ccccc2[nH]c1=O. The molecule has 0 spiro atoms. The van der Waals surface area contributed by atoms with Crippen LogP contribution in [0.2, 0.25) is 0 Å². The molecule has 0 fully saturated rings. The van der Waals surface area contributed by atoms with Crippen LogP contribution in [0.5, 0.6) is 5.75 Å². The molecule has 7 nitrogen and oxygen atoms in total. The lowest BCUT2D eigenvalue weighted by Gasteiger charge is -2.10. The fourth-order valence-electron chi connectivity index (χ4n) is 2.38. The Morgan fingerprint density at radius 3 is 2.36 bits per heavy atom. The number of hydrogen-bond acceptors (Lipinski definition) is 4. The van der Waals surface area contributed by atoms with E-state index in [9.17, 15) is 19.5 Å². The maximum Gasteiger partial charge on any atom is 0.279 e. The van der Waals surface area contributed by atoms with Crippen molar-refractivity contribution in [3.8, 4) is 5.75 Å². The van der Waals surface area contributed by atoms with E-state index in [1.807, 2.05) is 0 Å². The van der Waals surface area contributed by atoms with Gasteiger partial charge < -0.3 is 10.1 Å². The summed E-state index contributed by atoms with van der Waals surface area (Å²) in [5.41, 5.74) is 3.77. The first kappa shape index (κ1) is 16.3. The third-order valence-electron chi connectivity index (χ3n) is 3.62. The summed E-state index contributed by atoms with van der Waals surface area (Å²) >= 11 is 0. The summed E-state index contributed by atoms with van der Waals surface area (Å²) in [5, 5.41) is 10.5. The second-order valence-corrected chi connectivity index (χ2v) is 5.22. The molecule has 2 radical (unpaired) electrons. The van der Waals surface area contributed by atoms with Crippen molar-refractivity contribution in [1.82, 2.24) is 15.8 Å². The van der Waals surface area contributed by atoms with Crippen molar-refractivity contribution in [3.63, 3.8) is 0 Å². The van der Waals surface area contributed by atoms with Crippen molar-refractivity contribution in [3.05, 3.63) is 70.0 Å². The fraction of sp³-hybridized carbons (Fsp3) is 0. The first-order valence-corrected chi connectivity index (χ1v) is 7.28. The largest absolute Gasteiger partial charge is 0.506 e. The average Bonchev–Trinajstić information content (AvgIpc) is 2.60. The molecule has 0 aliphatic heterocycles. The Kier molecular flexibility index (Phi) is 4.26. The highest BCUT2D eigenvalue weighted by Gasteiger charge is 2.19. The molecule has 3 aromatic rings. The number of amides is 2. The first-order valence-electron chi connectivity index (χ1n) is 7.28. The van der Waals surface area contributed by atoms with Gasteiger partial charge in [-0.25, -0.2) is 0 Å². The van der Waals surface area contributed by atoms with E-state index in [1.165, 1.54) is 12.1 Å². The van der Waals surface area contributed by atoms with Crippen molar-refractivity contribution >= 4 is 36.0 Å². The number of carbonyl (C=O) groups is 2. The molecular formula is C17H12BN3O4. The topological polar surface area (TPSA) is 111 Å². The van der Waals surface area contributed by atoms with E-state index in [4.69, 9.17) is 7.85 Å². The molecule has 0 saturated heterocycles. The highest BCUT2D eigenvalue weighted by Crippen LogP contribution is 2.24. The number of para-hydroxylation sites is 1. The molecule has 2 amide bonds. The van der Waals surface area contributed by atoms with E-state index < -0.39 is 28.7 Å². The van der Waals surface area contributed by atoms with Crippen molar-refractivity contribution in [1.29, 1.82) is 0 Å². The van der Waals surface area contributed by atoms with Crippen molar-refractivity contribution in [2.75, 3.05) is 0 Å². The van der Waals surface area contributed by atoms with Crippen LogP contribution in [0.25, 0.3) is 10.9 Å². The molecule has 0 aliphatic carbocycles. The second kappa shape index (κ2) is 6.52. The Morgan fingerprint density at radius 2 is 1.60 bits per heavy atom. The molecule has 0 aliphatic rings. The lowest BCUT2D eigenvalue weighted by Crippen LogP contribution is -2.44. The van der Waals surface area contributed by atoms with Gasteiger partial charge in [0.25, 0.3) is 17.4 Å². The number of benzene rings is 2. The van der Waals surface area contributed by atoms with E-state index >= 15 is 0 Å². The Balaban J connectivity index is 1.85. The Morgan fingerprint density at radius 1 is 0.960 bits per heavy atom. The highest BCUT2D eigenvalue weighted by molar-refractivity contribution is 6.36. The summed E-state index contributed by atoms with van der Waals surface area (Å²) in [4.78, 5) is 38.8. The average molecular weight is 333 g/mol. The summed E-state index contributed by atoms with van der Waals surface area (Å²) in [6.45, 7) is 0. The number of carbonyl (C=O) groups excluding carboxylic acids is 2. The minimum Gasteiger partial charge on any atom is -0.506 e. The van der Waals surface area contributed by atoms with Crippen LogP contribution in [-0.2, 0) is 0 Å². The minimum absolute atomic E-state index is 0.166. The van der Waals surface area contributed by atoms with E-state index in [2.05, 4.69) is 15.8 Å². The van der Waals surface area contributed by atoms with E-state index in [-0.39, 0.29) is 11.0 Å². The zero-order valence-corrected chi connectivity index (χ0v) is 12.9. The molecule has 0 unspecified atom stereocenters. The molecular weight excluding hydrogens is 321 g/mol. The normalized spacial score (nSPS) is 10.4. The predicted molar refractivity (Wildman–Crippen MR) is 93.0 cm³/mol. The Labute approximate surface area is 143 Å². The molecule has 3 rings (SSSR count). The summed E-state index contributed by atoms with van der Waals surface area (Å²) in [7, 11) is 5.68. The Hall–Kier alpha value is -3.55. The first-order chi connectivity index (χ1) is 12.0. The monoisotopic (exact) mass is 333 g/mol. The van der Waals surface area contributed by atoms with Crippen LogP contribution in [0.1, 0.15) is 20.7 Å². The van der Waals surface area contributed by atoms with Gasteiger partial charge in [-0.1, -0.05) is 41.9 Å². The molecule has 4 N–H and O–H groups in total. The summed E-state index contributed by atoms with van der Waals surface area (Å²) in [5.74, 6) is -2.07. The van der Waals surface area contributed by atoms with Crippen molar-refractivity contribution in [2.45, 2.75) is 0 Å².